The maximum absolute atomic E-state index is 13.2. The Balaban J connectivity index is 2.14. The van der Waals surface area contributed by atoms with Crippen LogP contribution in [0.2, 0.25) is 0 Å². The summed E-state index contributed by atoms with van der Waals surface area (Å²) in [6.45, 7) is 2.24. The monoisotopic (exact) mass is 254 g/mol. The number of hydrogen-bond donors (Lipinski definition) is 0. The van der Waals surface area contributed by atoms with Crippen LogP contribution in [0.1, 0.15) is 38.2 Å². The molecular weight excluding hydrogens is 234 g/mol. The van der Waals surface area contributed by atoms with Crippen molar-refractivity contribution in [2.75, 3.05) is 7.11 Å². The predicted octanol–water partition coefficient (Wildman–Crippen LogP) is 4.10. The average Bonchev–Trinajstić information content (AvgIpc) is 2.31. The van der Waals surface area contributed by atoms with Crippen molar-refractivity contribution in [1.29, 1.82) is 0 Å². The standard InChI is InChI=1S/C15H20F2O/c1-11-3-5-15(18-2,6-4-11)10-12-7-13(16)9-14(17)8-12/h7-9,11H,3-6,10H2,1-2H3. The van der Waals surface area contributed by atoms with Crippen LogP contribution in [0.15, 0.2) is 18.2 Å². The molecule has 0 atom stereocenters. The molecule has 1 fully saturated rings. The van der Waals surface area contributed by atoms with Crippen molar-refractivity contribution >= 4 is 0 Å². The molecule has 1 saturated carbocycles. The van der Waals surface area contributed by atoms with Crippen molar-refractivity contribution in [3.8, 4) is 0 Å². The van der Waals surface area contributed by atoms with Crippen LogP contribution in [0.3, 0.4) is 0 Å². The highest BCUT2D eigenvalue weighted by molar-refractivity contribution is 5.20. The van der Waals surface area contributed by atoms with E-state index in [9.17, 15) is 8.78 Å². The second-order valence-corrected chi connectivity index (χ2v) is 5.52. The van der Waals surface area contributed by atoms with Gasteiger partial charge in [0.15, 0.2) is 0 Å². The van der Waals surface area contributed by atoms with E-state index in [0.29, 0.717) is 12.0 Å². The Labute approximate surface area is 107 Å². The maximum atomic E-state index is 13.2. The van der Waals surface area contributed by atoms with E-state index in [2.05, 4.69) is 6.92 Å². The summed E-state index contributed by atoms with van der Waals surface area (Å²) in [7, 11) is 1.70. The van der Waals surface area contributed by atoms with E-state index < -0.39 is 11.6 Å². The third-order valence-electron chi connectivity index (χ3n) is 4.07. The Morgan fingerprint density at radius 2 is 1.72 bits per heavy atom. The molecular formula is C15H20F2O. The van der Waals surface area contributed by atoms with Gasteiger partial charge in [0, 0.05) is 19.6 Å². The molecule has 1 nitrogen and oxygen atoms in total. The van der Waals surface area contributed by atoms with Gasteiger partial charge in [-0.2, -0.15) is 0 Å². The molecule has 0 saturated heterocycles. The van der Waals surface area contributed by atoms with Gasteiger partial charge in [-0.15, -0.1) is 0 Å². The Bertz CT molecular complexity index is 389. The number of rotatable bonds is 3. The summed E-state index contributed by atoms with van der Waals surface area (Å²) in [5.41, 5.74) is 0.441. The lowest BCUT2D eigenvalue weighted by atomic mass is 9.76. The summed E-state index contributed by atoms with van der Waals surface area (Å²) in [5, 5.41) is 0. The highest BCUT2D eigenvalue weighted by Gasteiger charge is 2.34. The van der Waals surface area contributed by atoms with Gasteiger partial charge in [-0.25, -0.2) is 8.78 Å². The molecule has 3 heteroatoms. The zero-order valence-electron chi connectivity index (χ0n) is 11.0. The molecule has 0 heterocycles. The van der Waals surface area contributed by atoms with Gasteiger partial charge in [0.1, 0.15) is 11.6 Å². The molecule has 0 radical (unpaired) electrons. The van der Waals surface area contributed by atoms with Crippen LogP contribution in [0.25, 0.3) is 0 Å². The van der Waals surface area contributed by atoms with Gasteiger partial charge in [-0.05, 0) is 49.3 Å². The Hall–Kier alpha value is -0.960. The lowest BCUT2D eigenvalue weighted by Crippen LogP contribution is -2.38. The van der Waals surface area contributed by atoms with Gasteiger partial charge < -0.3 is 4.74 Å². The molecule has 1 aliphatic rings. The van der Waals surface area contributed by atoms with Crippen LogP contribution >= 0.6 is 0 Å². The molecule has 1 aromatic rings. The van der Waals surface area contributed by atoms with E-state index in [1.54, 1.807) is 7.11 Å². The SMILES string of the molecule is COC1(Cc2cc(F)cc(F)c2)CCC(C)CC1. The Morgan fingerprint density at radius 1 is 1.17 bits per heavy atom. The second kappa shape index (κ2) is 5.35. The average molecular weight is 254 g/mol. The molecule has 0 aliphatic heterocycles. The van der Waals surface area contributed by atoms with Crippen molar-refractivity contribution in [1.82, 2.24) is 0 Å². The predicted molar refractivity (Wildman–Crippen MR) is 67.4 cm³/mol. The second-order valence-electron chi connectivity index (χ2n) is 5.52. The molecule has 1 aromatic carbocycles. The van der Waals surface area contributed by atoms with Crippen LogP contribution in [-0.4, -0.2) is 12.7 Å². The molecule has 100 valence electrons. The fourth-order valence-electron chi connectivity index (χ4n) is 2.83. The molecule has 0 bridgehead atoms. The van der Waals surface area contributed by atoms with Gasteiger partial charge in [-0.3, -0.25) is 0 Å². The molecule has 18 heavy (non-hydrogen) atoms. The number of ether oxygens (including phenoxy) is 1. The van der Waals surface area contributed by atoms with Crippen LogP contribution in [0.5, 0.6) is 0 Å². The molecule has 0 spiro atoms. The highest BCUT2D eigenvalue weighted by atomic mass is 19.1. The number of methoxy groups -OCH3 is 1. The summed E-state index contributed by atoms with van der Waals surface area (Å²) < 4.78 is 32.1. The largest absolute Gasteiger partial charge is 0.378 e. The van der Waals surface area contributed by atoms with Gasteiger partial charge in [-0.1, -0.05) is 6.92 Å². The fraction of sp³-hybridized carbons (Fsp3) is 0.600. The summed E-state index contributed by atoms with van der Waals surface area (Å²) in [6, 6.07) is 3.72. The van der Waals surface area contributed by atoms with E-state index >= 15 is 0 Å². The summed E-state index contributed by atoms with van der Waals surface area (Å²) in [5.74, 6) is -0.307. The molecule has 0 unspecified atom stereocenters. The third kappa shape index (κ3) is 3.08. The minimum absolute atomic E-state index is 0.243. The van der Waals surface area contributed by atoms with E-state index in [1.807, 2.05) is 0 Å². The first kappa shape index (κ1) is 13.5. The molecule has 0 amide bonds. The first-order valence-corrected chi connectivity index (χ1v) is 6.53. The van der Waals surface area contributed by atoms with Gasteiger partial charge >= 0.3 is 0 Å². The van der Waals surface area contributed by atoms with Gasteiger partial charge in [0.25, 0.3) is 0 Å². The van der Waals surface area contributed by atoms with Crippen molar-refractivity contribution in [2.45, 2.75) is 44.6 Å². The van der Waals surface area contributed by atoms with Crippen molar-refractivity contribution in [3.05, 3.63) is 35.4 Å². The third-order valence-corrected chi connectivity index (χ3v) is 4.07. The zero-order chi connectivity index (χ0) is 13.2. The topological polar surface area (TPSA) is 9.23 Å². The lowest BCUT2D eigenvalue weighted by Gasteiger charge is -2.38. The quantitative estimate of drug-likeness (QED) is 0.789. The highest BCUT2D eigenvalue weighted by Crippen LogP contribution is 2.36. The lowest BCUT2D eigenvalue weighted by molar-refractivity contribution is -0.0470. The molecule has 0 N–H and O–H groups in total. The van der Waals surface area contributed by atoms with E-state index in [-0.39, 0.29) is 5.60 Å². The summed E-state index contributed by atoms with van der Waals surface area (Å²) in [4.78, 5) is 0. The number of benzene rings is 1. The van der Waals surface area contributed by atoms with Crippen LogP contribution in [0, 0.1) is 17.6 Å². The van der Waals surface area contributed by atoms with Crippen molar-refractivity contribution < 1.29 is 13.5 Å². The van der Waals surface area contributed by atoms with Gasteiger partial charge in [0.05, 0.1) is 5.60 Å². The summed E-state index contributed by atoms with van der Waals surface area (Å²) in [6.07, 6.45) is 4.74. The maximum Gasteiger partial charge on any atom is 0.126 e. The number of hydrogen-bond acceptors (Lipinski definition) is 1. The normalized spacial score (nSPS) is 28.3. The van der Waals surface area contributed by atoms with E-state index in [1.165, 1.54) is 12.1 Å². The first-order chi connectivity index (χ1) is 8.53. The van der Waals surface area contributed by atoms with Crippen LogP contribution in [0.4, 0.5) is 8.78 Å². The zero-order valence-corrected chi connectivity index (χ0v) is 11.0. The Morgan fingerprint density at radius 3 is 2.22 bits per heavy atom. The number of halogens is 2. The first-order valence-electron chi connectivity index (χ1n) is 6.53. The van der Waals surface area contributed by atoms with Crippen molar-refractivity contribution in [3.63, 3.8) is 0 Å². The van der Waals surface area contributed by atoms with E-state index in [4.69, 9.17) is 4.74 Å². The fourth-order valence-corrected chi connectivity index (χ4v) is 2.83. The van der Waals surface area contributed by atoms with Crippen molar-refractivity contribution in [2.24, 2.45) is 5.92 Å². The van der Waals surface area contributed by atoms with Crippen LogP contribution in [-0.2, 0) is 11.2 Å². The minimum atomic E-state index is -0.513. The minimum Gasteiger partial charge on any atom is -0.378 e. The van der Waals surface area contributed by atoms with Crippen LogP contribution < -0.4 is 0 Å². The van der Waals surface area contributed by atoms with Gasteiger partial charge in [0.2, 0.25) is 0 Å². The smallest absolute Gasteiger partial charge is 0.126 e. The molecule has 2 rings (SSSR count). The molecule has 1 aliphatic carbocycles. The van der Waals surface area contributed by atoms with E-state index in [0.717, 1.165) is 37.7 Å². The molecule has 0 aromatic heterocycles. The Kier molecular flexibility index (Phi) is 4.00. The summed E-state index contributed by atoms with van der Waals surface area (Å²) >= 11 is 0.